The third kappa shape index (κ3) is 7.71. The molecule has 28 heavy (non-hydrogen) atoms. The van der Waals surface area contributed by atoms with Gasteiger partial charge in [0.2, 0.25) is 17.7 Å². The zero-order chi connectivity index (χ0) is 20.4. The van der Waals surface area contributed by atoms with Crippen molar-refractivity contribution in [2.24, 2.45) is 5.73 Å². The Hall–Kier alpha value is -3.00. The van der Waals surface area contributed by atoms with Crippen LogP contribution in [0.1, 0.15) is 12.5 Å². The summed E-state index contributed by atoms with van der Waals surface area (Å²) in [5.41, 5.74) is 6.11. The molecule has 0 fully saturated rings. The normalized spacial score (nSPS) is 11.3. The zero-order valence-electron chi connectivity index (χ0n) is 15.5. The van der Waals surface area contributed by atoms with Gasteiger partial charge in [0.1, 0.15) is 18.4 Å². The Labute approximate surface area is 168 Å². The number of hydrogen-bond donors (Lipinski definition) is 3. The molecule has 2 rings (SSSR count). The Morgan fingerprint density at radius 2 is 1.75 bits per heavy atom. The number of carbonyl (C=O) groups is 3. The van der Waals surface area contributed by atoms with Gasteiger partial charge in [0.25, 0.3) is 0 Å². The lowest BCUT2D eigenvalue weighted by Gasteiger charge is -2.17. The summed E-state index contributed by atoms with van der Waals surface area (Å²) in [5.74, 6) is -0.373. The maximum atomic E-state index is 12.1. The average molecular weight is 401 g/mol. The van der Waals surface area contributed by atoms with E-state index in [2.05, 4.69) is 10.6 Å². The summed E-state index contributed by atoms with van der Waals surface area (Å²) in [7, 11) is 0. The second-order valence-corrected chi connectivity index (χ2v) is 7.09. The maximum Gasteiger partial charge on any atom is 0.243 e. The molecule has 4 N–H and O–H groups in total. The largest absolute Gasteiger partial charge is 0.489 e. The summed E-state index contributed by atoms with van der Waals surface area (Å²) in [5, 5.41) is 4.98. The Morgan fingerprint density at radius 3 is 2.36 bits per heavy atom. The van der Waals surface area contributed by atoms with E-state index in [0.29, 0.717) is 12.4 Å². The van der Waals surface area contributed by atoms with E-state index in [4.69, 9.17) is 10.5 Å². The fourth-order valence-electron chi connectivity index (χ4n) is 2.28. The molecule has 0 aliphatic carbocycles. The molecule has 0 aliphatic rings. The molecule has 2 aromatic carbocycles. The van der Waals surface area contributed by atoms with Gasteiger partial charge in [0.15, 0.2) is 0 Å². The molecule has 0 radical (unpaired) electrons. The molecule has 148 valence electrons. The molecule has 8 heteroatoms. The number of benzene rings is 2. The van der Waals surface area contributed by atoms with Gasteiger partial charge in [-0.15, -0.1) is 11.8 Å². The molecule has 0 heterocycles. The van der Waals surface area contributed by atoms with Crippen LogP contribution >= 0.6 is 11.8 Å². The van der Waals surface area contributed by atoms with Crippen molar-refractivity contribution < 1.29 is 19.1 Å². The number of nitrogens with one attached hydrogen (secondary N) is 2. The summed E-state index contributed by atoms with van der Waals surface area (Å²) < 4.78 is 5.74. The van der Waals surface area contributed by atoms with Crippen LogP contribution < -0.4 is 21.1 Å². The Bertz CT molecular complexity index is 797. The van der Waals surface area contributed by atoms with Gasteiger partial charge in [-0.3, -0.25) is 14.4 Å². The fraction of sp³-hybridized carbons (Fsp3) is 0.250. The Balaban J connectivity index is 1.87. The van der Waals surface area contributed by atoms with E-state index in [1.54, 1.807) is 0 Å². The minimum atomic E-state index is -0.768. The SMILES string of the molecule is CC(=O)NC(CSc1ccc(OCc2ccccc2)cc1)C(=O)NCC(N)=O. The predicted octanol–water partition coefficient (Wildman–Crippen LogP) is 1.46. The van der Waals surface area contributed by atoms with E-state index >= 15 is 0 Å². The third-order valence-corrected chi connectivity index (χ3v) is 4.73. The van der Waals surface area contributed by atoms with E-state index in [1.807, 2.05) is 54.6 Å². The first kappa shape index (κ1) is 21.3. The van der Waals surface area contributed by atoms with Crippen LogP contribution in [-0.2, 0) is 21.0 Å². The highest BCUT2D eigenvalue weighted by Gasteiger charge is 2.20. The second-order valence-electron chi connectivity index (χ2n) is 5.99. The van der Waals surface area contributed by atoms with Crippen molar-refractivity contribution in [1.82, 2.24) is 10.6 Å². The smallest absolute Gasteiger partial charge is 0.243 e. The molecule has 0 aliphatic heterocycles. The van der Waals surface area contributed by atoms with Crippen LogP contribution in [0, 0.1) is 0 Å². The molecule has 0 spiro atoms. The van der Waals surface area contributed by atoms with Gasteiger partial charge in [-0.05, 0) is 29.8 Å². The highest BCUT2D eigenvalue weighted by atomic mass is 32.2. The molecule has 0 saturated carbocycles. The quantitative estimate of drug-likeness (QED) is 0.522. The van der Waals surface area contributed by atoms with Crippen LogP contribution in [0.15, 0.2) is 59.5 Å². The standard InChI is InChI=1S/C20H23N3O4S/c1-14(24)23-18(20(26)22-11-19(21)25)13-28-17-9-7-16(8-10-17)27-12-15-5-3-2-4-6-15/h2-10,18H,11-13H2,1H3,(H2,21,25)(H,22,26)(H,23,24). The van der Waals surface area contributed by atoms with Crippen molar-refractivity contribution in [2.45, 2.75) is 24.5 Å². The average Bonchev–Trinajstić information content (AvgIpc) is 2.69. The van der Waals surface area contributed by atoms with Crippen LogP contribution in [0.3, 0.4) is 0 Å². The first-order chi connectivity index (χ1) is 13.4. The summed E-state index contributed by atoms with van der Waals surface area (Å²) in [6, 6.07) is 16.6. The highest BCUT2D eigenvalue weighted by molar-refractivity contribution is 7.99. The van der Waals surface area contributed by atoms with Crippen molar-refractivity contribution in [3.05, 3.63) is 60.2 Å². The van der Waals surface area contributed by atoms with Crippen molar-refractivity contribution in [3.63, 3.8) is 0 Å². The Morgan fingerprint density at radius 1 is 1.07 bits per heavy atom. The van der Waals surface area contributed by atoms with Gasteiger partial charge in [0.05, 0.1) is 6.54 Å². The van der Waals surface area contributed by atoms with Crippen LogP contribution in [0.4, 0.5) is 0 Å². The minimum absolute atomic E-state index is 0.271. The second kappa shape index (κ2) is 11.0. The fourth-order valence-corrected chi connectivity index (χ4v) is 3.20. The molecule has 3 amide bonds. The van der Waals surface area contributed by atoms with Crippen molar-refractivity contribution in [2.75, 3.05) is 12.3 Å². The van der Waals surface area contributed by atoms with Crippen LogP contribution in [0.2, 0.25) is 0 Å². The molecule has 0 bridgehead atoms. The molecular formula is C20H23N3O4S. The molecule has 1 atom stereocenters. The van der Waals surface area contributed by atoms with Gasteiger partial charge >= 0.3 is 0 Å². The zero-order valence-corrected chi connectivity index (χ0v) is 16.3. The minimum Gasteiger partial charge on any atom is -0.489 e. The molecule has 1 unspecified atom stereocenters. The number of hydrogen-bond acceptors (Lipinski definition) is 5. The van der Waals surface area contributed by atoms with Crippen molar-refractivity contribution in [3.8, 4) is 5.75 Å². The first-order valence-electron chi connectivity index (χ1n) is 8.66. The van der Waals surface area contributed by atoms with Crippen molar-refractivity contribution in [1.29, 1.82) is 0 Å². The summed E-state index contributed by atoms with van der Waals surface area (Å²) >= 11 is 1.41. The van der Waals surface area contributed by atoms with Crippen LogP contribution in [0.25, 0.3) is 0 Å². The lowest BCUT2D eigenvalue weighted by atomic mass is 10.2. The number of rotatable bonds is 10. The first-order valence-corrected chi connectivity index (χ1v) is 9.65. The highest BCUT2D eigenvalue weighted by Crippen LogP contribution is 2.22. The number of amides is 3. The topological polar surface area (TPSA) is 111 Å². The van der Waals surface area contributed by atoms with Gasteiger partial charge < -0.3 is 21.1 Å². The number of thioether (sulfide) groups is 1. The van der Waals surface area contributed by atoms with Crippen LogP contribution in [-0.4, -0.2) is 36.1 Å². The lowest BCUT2D eigenvalue weighted by molar-refractivity contribution is -0.128. The number of primary amides is 1. The van der Waals surface area contributed by atoms with E-state index in [-0.39, 0.29) is 12.5 Å². The van der Waals surface area contributed by atoms with Crippen molar-refractivity contribution >= 4 is 29.5 Å². The van der Waals surface area contributed by atoms with Crippen LogP contribution in [0.5, 0.6) is 5.75 Å². The molecule has 7 nitrogen and oxygen atoms in total. The predicted molar refractivity (Wildman–Crippen MR) is 108 cm³/mol. The molecule has 0 aromatic heterocycles. The van der Waals surface area contributed by atoms with E-state index < -0.39 is 17.9 Å². The number of ether oxygens (including phenoxy) is 1. The third-order valence-electron chi connectivity index (χ3n) is 3.62. The molecule has 0 saturated heterocycles. The van der Waals surface area contributed by atoms with Gasteiger partial charge in [0, 0.05) is 17.6 Å². The summed E-state index contributed by atoms with van der Waals surface area (Å²) in [4.78, 5) is 35.2. The van der Waals surface area contributed by atoms with E-state index in [9.17, 15) is 14.4 Å². The summed E-state index contributed by atoms with van der Waals surface area (Å²) in [6.07, 6.45) is 0. The van der Waals surface area contributed by atoms with E-state index in [0.717, 1.165) is 16.2 Å². The monoisotopic (exact) mass is 401 g/mol. The van der Waals surface area contributed by atoms with Gasteiger partial charge in [-0.25, -0.2) is 0 Å². The Kier molecular flexibility index (Phi) is 8.36. The molecule has 2 aromatic rings. The number of nitrogens with two attached hydrogens (primary N) is 1. The van der Waals surface area contributed by atoms with Gasteiger partial charge in [-0.2, -0.15) is 0 Å². The maximum absolute atomic E-state index is 12.1. The van der Waals surface area contributed by atoms with E-state index in [1.165, 1.54) is 18.7 Å². The van der Waals surface area contributed by atoms with Gasteiger partial charge in [-0.1, -0.05) is 30.3 Å². The summed E-state index contributed by atoms with van der Waals surface area (Å²) in [6.45, 7) is 1.54. The number of carbonyl (C=O) groups excluding carboxylic acids is 3. The lowest BCUT2D eigenvalue weighted by Crippen LogP contribution is -2.49. The molecular weight excluding hydrogens is 378 g/mol.